The van der Waals surface area contributed by atoms with Crippen LogP contribution in [0.2, 0.25) is 0 Å². The Morgan fingerprint density at radius 1 is 1.53 bits per heavy atom. The molecule has 1 atom stereocenters. The number of piperidine rings is 1. The Balaban J connectivity index is 2.20. The Bertz CT molecular complexity index is 496. The van der Waals surface area contributed by atoms with Gasteiger partial charge in [0.25, 0.3) is 10.0 Å². The van der Waals surface area contributed by atoms with Gasteiger partial charge in [-0.3, -0.25) is 4.79 Å². The lowest BCUT2D eigenvalue weighted by Gasteiger charge is -2.29. The van der Waals surface area contributed by atoms with Crippen LogP contribution in [0.15, 0.2) is 21.7 Å². The number of rotatable bonds is 3. The number of nitrogens with two attached hydrogens (primary N) is 1. The van der Waals surface area contributed by atoms with Gasteiger partial charge in [-0.15, -0.1) is 11.3 Å². The van der Waals surface area contributed by atoms with Crippen LogP contribution in [-0.4, -0.2) is 31.7 Å². The maximum absolute atomic E-state index is 12.2. The zero-order chi connectivity index (χ0) is 12.5. The number of hydrogen-bond donors (Lipinski definition) is 1. The highest BCUT2D eigenvalue weighted by atomic mass is 32.2. The molecule has 0 spiro atoms. The number of nitrogens with zero attached hydrogens (tertiary/aromatic N) is 1. The lowest BCUT2D eigenvalue weighted by Crippen LogP contribution is -2.43. The van der Waals surface area contributed by atoms with Crippen molar-refractivity contribution in [2.24, 2.45) is 11.7 Å². The first-order chi connectivity index (χ1) is 8.01. The van der Waals surface area contributed by atoms with Crippen LogP contribution < -0.4 is 5.73 Å². The van der Waals surface area contributed by atoms with Crippen molar-refractivity contribution in [1.29, 1.82) is 0 Å². The molecular weight excluding hydrogens is 260 g/mol. The smallest absolute Gasteiger partial charge is 0.252 e. The van der Waals surface area contributed by atoms with Crippen molar-refractivity contribution in [3.63, 3.8) is 0 Å². The Morgan fingerprint density at radius 3 is 2.88 bits per heavy atom. The van der Waals surface area contributed by atoms with E-state index >= 15 is 0 Å². The minimum Gasteiger partial charge on any atom is -0.369 e. The SMILES string of the molecule is NC(=O)[C@H]1CCCN(S(=O)(=O)c2cccs2)C1. The van der Waals surface area contributed by atoms with E-state index in [9.17, 15) is 13.2 Å². The largest absolute Gasteiger partial charge is 0.369 e. The lowest BCUT2D eigenvalue weighted by atomic mass is 9.99. The molecule has 94 valence electrons. The Labute approximate surface area is 104 Å². The molecule has 0 aliphatic carbocycles. The summed E-state index contributed by atoms with van der Waals surface area (Å²) in [5, 5.41) is 1.72. The summed E-state index contributed by atoms with van der Waals surface area (Å²) in [7, 11) is -3.44. The molecule has 1 aliphatic rings. The second-order valence-electron chi connectivity index (χ2n) is 4.04. The number of primary amides is 1. The number of carbonyl (C=O) groups is 1. The highest BCUT2D eigenvalue weighted by Gasteiger charge is 2.32. The zero-order valence-electron chi connectivity index (χ0n) is 9.20. The Kier molecular flexibility index (Phi) is 3.50. The van der Waals surface area contributed by atoms with Crippen molar-refractivity contribution >= 4 is 27.3 Å². The standard InChI is InChI=1S/C10H14N2O3S2/c11-10(13)8-3-1-5-12(7-8)17(14,15)9-4-2-6-16-9/h2,4,6,8H,1,3,5,7H2,(H2,11,13)/t8-/m0/s1. The first kappa shape index (κ1) is 12.5. The lowest BCUT2D eigenvalue weighted by molar-refractivity contribution is -0.122. The quantitative estimate of drug-likeness (QED) is 0.878. The maximum Gasteiger partial charge on any atom is 0.252 e. The van der Waals surface area contributed by atoms with E-state index in [-0.39, 0.29) is 12.5 Å². The number of thiophene rings is 1. The number of sulfonamides is 1. The van der Waals surface area contributed by atoms with E-state index in [1.807, 2.05) is 0 Å². The van der Waals surface area contributed by atoms with Gasteiger partial charge in [0, 0.05) is 13.1 Å². The van der Waals surface area contributed by atoms with E-state index in [0.29, 0.717) is 23.6 Å². The fourth-order valence-corrected chi connectivity index (χ4v) is 4.60. The number of hydrogen-bond acceptors (Lipinski definition) is 4. The van der Waals surface area contributed by atoms with E-state index in [1.165, 1.54) is 15.6 Å². The average Bonchev–Trinajstić information content (AvgIpc) is 2.83. The van der Waals surface area contributed by atoms with E-state index in [2.05, 4.69) is 0 Å². The maximum atomic E-state index is 12.2. The summed E-state index contributed by atoms with van der Waals surface area (Å²) in [6.45, 7) is 0.666. The van der Waals surface area contributed by atoms with Crippen molar-refractivity contribution in [3.05, 3.63) is 17.5 Å². The van der Waals surface area contributed by atoms with Gasteiger partial charge in [0.1, 0.15) is 4.21 Å². The minimum atomic E-state index is -3.44. The molecule has 0 aromatic carbocycles. The molecule has 2 N–H and O–H groups in total. The second kappa shape index (κ2) is 4.75. The molecule has 2 rings (SSSR count). The molecule has 1 saturated heterocycles. The molecule has 17 heavy (non-hydrogen) atoms. The third-order valence-electron chi connectivity index (χ3n) is 2.88. The van der Waals surface area contributed by atoms with Gasteiger partial charge in [0.2, 0.25) is 5.91 Å². The predicted octanol–water partition coefficient (Wildman–Crippen LogP) is 0.634. The van der Waals surface area contributed by atoms with Crippen LogP contribution in [0.1, 0.15) is 12.8 Å². The predicted molar refractivity (Wildman–Crippen MR) is 65.0 cm³/mol. The van der Waals surface area contributed by atoms with Crippen molar-refractivity contribution in [1.82, 2.24) is 4.31 Å². The third kappa shape index (κ3) is 2.51. The molecule has 5 nitrogen and oxygen atoms in total. The highest BCUT2D eigenvalue weighted by Crippen LogP contribution is 2.25. The first-order valence-electron chi connectivity index (χ1n) is 5.35. The van der Waals surface area contributed by atoms with Gasteiger partial charge in [0.05, 0.1) is 5.92 Å². The van der Waals surface area contributed by atoms with Crippen LogP contribution in [-0.2, 0) is 14.8 Å². The van der Waals surface area contributed by atoms with Gasteiger partial charge in [-0.05, 0) is 24.3 Å². The molecule has 1 amide bonds. The van der Waals surface area contributed by atoms with Crippen LogP contribution in [0.25, 0.3) is 0 Å². The molecule has 0 unspecified atom stereocenters. The normalized spacial score (nSPS) is 22.5. The fraction of sp³-hybridized carbons (Fsp3) is 0.500. The van der Waals surface area contributed by atoms with Crippen LogP contribution >= 0.6 is 11.3 Å². The molecule has 1 aromatic heterocycles. The summed E-state index contributed by atoms with van der Waals surface area (Å²) in [6, 6.07) is 3.28. The molecule has 1 fully saturated rings. The Hall–Kier alpha value is -0.920. The van der Waals surface area contributed by atoms with Gasteiger partial charge in [0.15, 0.2) is 0 Å². The van der Waals surface area contributed by atoms with E-state index < -0.39 is 15.9 Å². The number of carbonyl (C=O) groups excluding carboxylic acids is 1. The highest BCUT2D eigenvalue weighted by molar-refractivity contribution is 7.91. The molecule has 1 aromatic rings. The monoisotopic (exact) mass is 274 g/mol. The van der Waals surface area contributed by atoms with Crippen LogP contribution in [0.5, 0.6) is 0 Å². The third-order valence-corrected chi connectivity index (χ3v) is 6.11. The van der Waals surface area contributed by atoms with Crippen molar-refractivity contribution in [3.8, 4) is 0 Å². The molecule has 1 aliphatic heterocycles. The molecule has 0 bridgehead atoms. The first-order valence-corrected chi connectivity index (χ1v) is 7.67. The van der Waals surface area contributed by atoms with E-state index in [0.717, 1.165) is 0 Å². The molecule has 2 heterocycles. The average molecular weight is 274 g/mol. The summed E-state index contributed by atoms with van der Waals surface area (Å²) < 4.78 is 26.1. The van der Waals surface area contributed by atoms with Crippen LogP contribution in [0.4, 0.5) is 0 Å². The van der Waals surface area contributed by atoms with Gasteiger partial charge >= 0.3 is 0 Å². The van der Waals surface area contributed by atoms with E-state index in [4.69, 9.17) is 5.73 Å². The van der Waals surface area contributed by atoms with Crippen molar-refractivity contribution in [2.75, 3.05) is 13.1 Å². The van der Waals surface area contributed by atoms with Crippen molar-refractivity contribution < 1.29 is 13.2 Å². The van der Waals surface area contributed by atoms with Gasteiger partial charge in [-0.2, -0.15) is 4.31 Å². The van der Waals surface area contributed by atoms with E-state index in [1.54, 1.807) is 17.5 Å². The topological polar surface area (TPSA) is 80.5 Å². The fourth-order valence-electron chi connectivity index (χ4n) is 1.93. The van der Waals surface area contributed by atoms with Gasteiger partial charge < -0.3 is 5.73 Å². The molecule has 0 saturated carbocycles. The Morgan fingerprint density at radius 2 is 2.29 bits per heavy atom. The minimum absolute atomic E-state index is 0.204. The zero-order valence-corrected chi connectivity index (χ0v) is 10.8. The van der Waals surface area contributed by atoms with Gasteiger partial charge in [-0.25, -0.2) is 8.42 Å². The second-order valence-corrected chi connectivity index (χ2v) is 7.15. The summed E-state index contributed by atoms with van der Waals surface area (Å²) >= 11 is 1.19. The summed E-state index contributed by atoms with van der Waals surface area (Å²) in [5.41, 5.74) is 5.23. The van der Waals surface area contributed by atoms with Gasteiger partial charge in [-0.1, -0.05) is 6.07 Å². The summed E-state index contributed by atoms with van der Waals surface area (Å²) in [4.78, 5) is 11.1. The molecular formula is C10H14N2O3S2. The van der Waals surface area contributed by atoms with Crippen LogP contribution in [0.3, 0.4) is 0 Å². The van der Waals surface area contributed by atoms with Crippen LogP contribution in [0, 0.1) is 5.92 Å². The van der Waals surface area contributed by atoms with Crippen molar-refractivity contribution in [2.45, 2.75) is 17.1 Å². The summed E-state index contributed by atoms with van der Waals surface area (Å²) in [6.07, 6.45) is 1.35. The molecule has 7 heteroatoms. The summed E-state index contributed by atoms with van der Waals surface area (Å²) in [5.74, 6) is -0.783. The molecule has 0 radical (unpaired) electrons. The number of amides is 1.